The molecule has 0 radical (unpaired) electrons. The van der Waals surface area contributed by atoms with Gasteiger partial charge in [0, 0.05) is 30.8 Å². The molecule has 0 atom stereocenters. The van der Waals surface area contributed by atoms with Gasteiger partial charge in [-0.15, -0.1) is 0 Å². The van der Waals surface area contributed by atoms with E-state index in [9.17, 15) is 22.4 Å². The van der Waals surface area contributed by atoms with E-state index in [-0.39, 0.29) is 66.5 Å². The Labute approximate surface area is 215 Å². The van der Waals surface area contributed by atoms with E-state index in [1.807, 2.05) is 0 Å². The predicted molar refractivity (Wildman–Crippen MR) is 131 cm³/mol. The van der Waals surface area contributed by atoms with Crippen LogP contribution in [-0.4, -0.2) is 37.4 Å². The number of amides is 1. The average molecular weight is 540 g/mol. The lowest BCUT2D eigenvalue weighted by Gasteiger charge is -2.29. The number of nitrogens with two attached hydrogens (primary N) is 1. The highest BCUT2D eigenvalue weighted by molar-refractivity contribution is 6.31. The fourth-order valence-corrected chi connectivity index (χ4v) is 5.29. The first-order chi connectivity index (χ1) is 17.6. The van der Waals surface area contributed by atoms with E-state index in [2.05, 4.69) is 25.6 Å². The van der Waals surface area contributed by atoms with Crippen LogP contribution >= 0.6 is 11.6 Å². The maximum atomic E-state index is 14.7. The fraction of sp³-hybridized carbons (Fsp3) is 0.500. The minimum atomic E-state index is -2.66. The summed E-state index contributed by atoms with van der Waals surface area (Å²) in [6, 6.07) is 1.78. The van der Waals surface area contributed by atoms with E-state index in [4.69, 9.17) is 17.3 Å². The molecule has 5 rings (SSSR count). The summed E-state index contributed by atoms with van der Waals surface area (Å²) in [6.07, 6.45) is 3.85. The SMILES string of the molecule is NC(=O)[C@H]1CC[C@H](n2c(Nc3c(F)ccc(Cl)c3F)nc3cnc(NC4CCC(F)(F)CC4)nc32)CC1. The lowest BCUT2D eigenvalue weighted by molar-refractivity contribution is -0.122. The number of alkyl halides is 2. The number of rotatable bonds is 6. The zero-order valence-electron chi connectivity index (χ0n) is 19.8. The van der Waals surface area contributed by atoms with Crippen molar-refractivity contribution in [3.8, 4) is 0 Å². The lowest BCUT2D eigenvalue weighted by Crippen LogP contribution is -2.32. The van der Waals surface area contributed by atoms with Gasteiger partial charge in [0.05, 0.1) is 11.2 Å². The molecule has 198 valence electrons. The van der Waals surface area contributed by atoms with E-state index in [0.717, 1.165) is 12.1 Å². The molecule has 2 heterocycles. The van der Waals surface area contributed by atoms with Gasteiger partial charge in [0.1, 0.15) is 17.0 Å². The summed E-state index contributed by atoms with van der Waals surface area (Å²) in [4.78, 5) is 25.0. The van der Waals surface area contributed by atoms with Crippen LogP contribution in [0, 0.1) is 17.6 Å². The number of hydrogen-bond donors (Lipinski definition) is 3. The molecule has 2 aromatic heterocycles. The largest absolute Gasteiger partial charge is 0.369 e. The summed E-state index contributed by atoms with van der Waals surface area (Å²) in [5.41, 5.74) is 5.82. The first-order valence-corrected chi connectivity index (χ1v) is 12.6. The average Bonchev–Trinajstić information content (AvgIpc) is 3.23. The van der Waals surface area contributed by atoms with Crippen molar-refractivity contribution in [2.24, 2.45) is 11.7 Å². The summed E-state index contributed by atoms with van der Waals surface area (Å²) in [7, 11) is 0. The summed E-state index contributed by atoms with van der Waals surface area (Å²) in [5, 5.41) is 5.61. The van der Waals surface area contributed by atoms with Crippen LogP contribution in [0.3, 0.4) is 0 Å². The normalized spacial score (nSPS) is 22.2. The van der Waals surface area contributed by atoms with Crippen molar-refractivity contribution in [1.82, 2.24) is 19.5 Å². The van der Waals surface area contributed by atoms with E-state index in [1.165, 1.54) is 6.20 Å². The topological polar surface area (TPSA) is 111 Å². The Kier molecular flexibility index (Phi) is 6.86. The monoisotopic (exact) mass is 539 g/mol. The third-order valence-electron chi connectivity index (χ3n) is 7.23. The van der Waals surface area contributed by atoms with Gasteiger partial charge < -0.3 is 16.4 Å². The van der Waals surface area contributed by atoms with Crippen molar-refractivity contribution in [3.63, 3.8) is 0 Å². The molecule has 2 saturated carbocycles. The summed E-state index contributed by atoms with van der Waals surface area (Å²) in [6.45, 7) is 0. The number of anilines is 3. The molecule has 2 aliphatic carbocycles. The summed E-state index contributed by atoms with van der Waals surface area (Å²) >= 11 is 5.87. The van der Waals surface area contributed by atoms with Gasteiger partial charge >= 0.3 is 0 Å². The number of benzene rings is 1. The molecule has 37 heavy (non-hydrogen) atoms. The van der Waals surface area contributed by atoms with Gasteiger partial charge in [-0.1, -0.05) is 11.6 Å². The van der Waals surface area contributed by atoms with Gasteiger partial charge in [-0.3, -0.25) is 9.36 Å². The van der Waals surface area contributed by atoms with E-state index in [1.54, 1.807) is 4.57 Å². The number of halogens is 5. The molecule has 3 aromatic rings. The molecule has 0 bridgehead atoms. The molecule has 0 aliphatic heterocycles. The second-order valence-corrected chi connectivity index (χ2v) is 10.1. The van der Waals surface area contributed by atoms with Gasteiger partial charge in [-0.25, -0.2) is 27.5 Å². The number of nitrogens with zero attached hydrogens (tertiary/aromatic N) is 4. The lowest BCUT2D eigenvalue weighted by atomic mass is 9.85. The number of primary amides is 1. The first kappa shape index (κ1) is 25.5. The van der Waals surface area contributed by atoms with E-state index >= 15 is 0 Å². The Balaban J connectivity index is 1.50. The number of hydrogen-bond acceptors (Lipinski definition) is 6. The van der Waals surface area contributed by atoms with Crippen LogP contribution in [0.25, 0.3) is 11.2 Å². The Hall–Kier alpha value is -3.15. The predicted octanol–water partition coefficient (Wildman–Crippen LogP) is 5.71. The summed E-state index contributed by atoms with van der Waals surface area (Å²) < 4.78 is 58.1. The Morgan fingerprint density at radius 2 is 1.78 bits per heavy atom. The standard InChI is InChI=1S/C24H26ClF4N7O/c25-15-5-6-16(26)19(18(15)27)34-23-33-17-11-31-22(32-13-7-9-24(28,29)10-8-13)35-21(17)36(23)14-3-1-12(2-4-14)20(30)37/h5-6,11-14H,1-4,7-10H2,(H2,30,37)(H,33,34)(H,31,32,35)/t12-,14-. The zero-order chi connectivity index (χ0) is 26.3. The van der Waals surface area contributed by atoms with Crippen LogP contribution in [0.15, 0.2) is 18.3 Å². The first-order valence-electron chi connectivity index (χ1n) is 12.2. The molecule has 2 fully saturated rings. The Morgan fingerprint density at radius 3 is 2.46 bits per heavy atom. The second-order valence-electron chi connectivity index (χ2n) is 9.73. The van der Waals surface area contributed by atoms with Crippen LogP contribution in [0.4, 0.5) is 35.1 Å². The van der Waals surface area contributed by atoms with Gasteiger partial charge in [0.25, 0.3) is 0 Å². The smallest absolute Gasteiger partial charge is 0.248 e. The van der Waals surface area contributed by atoms with Crippen LogP contribution < -0.4 is 16.4 Å². The second kappa shape index (κ2) is 9.96. The van der Waals surface area contributed by atoms with Gasteiger partial charge in [0.2, 0.25) is 23.7 Å². The van der Waals surface area contributed by atoms with Crippen molar-refractivity contribution < 1.29 is 22.4 Å². The van der Waals surface area contributed by atoms with Crippen LogP contribution in [0.5, 0.6) is 0 Å². The molecule has 1 amide bonds. The molecule has 2 aliphatic rings. The molecule has 0 unspecified atom stereocenters. The molecule has 13 heteroatoms. The number of nitrogens with one attached hydrogen (secondary N) is 2. The van der Waals surface area contributed by atoms with Crippen molar-refractivity contribution in [2.75, 3.05) is 10.6 Å². The molecular formula is C24H26ClF4N7O. The molecular weight excluding hydrogens is 514 g/mol. The maximum Gasteiger partial charge on any atom is 0.248 e. The fourth-order valence-electron chi connectivity index (χ4n) is 5.13. The maximum absolute atomic E-state index is 14.7. The highest BCUT2D eigenvalue weighted by Gasteiger charge is 2.35. The van der Waals surface area contributed by atoms with E-state index < -0.39 is 23.2 Å². The number of fused-ring (bicyclic) bond motifs is 1. The van der Waals surface area contributed by atoms with Gasteiger partial charge in [0.15, 0.2) is 11.5 Å². The Bertz CT molecular complexity index is 1320. The highest BCUT2D eigenvalue weighted by Crippen LogP contribution is 2.38. The van der Waals surface area contributed by atoms with Crippen LogP contribution in [-0.2, 0) is 4.79 Å². The molecule has 1 aromatic carbocycles. The minimum absolute atomic E-state index is 0.140. The Morgan fingerprint density at radius 1 is 1.08 bits per heavy atom. The van der Waals surface area contributed by atoms with Crippen LogP contribution in [0.1, 0.15) is 57.4 Å². The molecule has 8 nitrogen and oxygen atoms in total. The van der Waals surface area contributed by atoms with Crippen molar-refractivity contribution in [1.29, 1.82) is 0 Å². The number of carbonyl (C=O) groups is 1. The van der Waals surface area contributed by atoms with Crippen molar-refractivity contribution >= 4 is 46.3 Å². The molecule has 0 spiro atoms. The zero-order valence-corrected chi connectivity index (χ0v) is 20.5. The number of imidazole rings is 1. The van der Waals surface area contributed by atoms with E-state index in [0.29, 0.717) is 36.8 Å². The number of aromatic nitrogens is 4. The van der Waals surface area contributed by atoms with Crippen LogP contribution in [0.2, 0.25) is 5.02 Å². The number of carbonyl (C=O) groups excluding carboxylic acids is 1. The van der Waals surface area contributed by atoms with Gasteiger partial charge in [-0.2, -0.15) is 4.98 Å². The minimum Gasteiger partial charge on any atom is -0.369 e. The summed E-state index contributed by atoms with van der Waals surface area (Å²) in [5.74, 6) is -4.68. The third kappa shape index (κ3) is 5.29. The molecule has 0 saturated heterocycles. The van der Waals surface area contributed by atoms with Crippen molar-refractivity contribution in [2.45, 2.75) is 69.4 Å². The molecule has 4 N–H and O–H groups in total. The quantitative estimate of drug-likeness (QED) is 0.273. The third-order valence-corrected chi connectivity index (χ3v) is 7.52. The van der Waals surface area contributed by atoms with Crippen molar-refractivity contribution in [3.05, 3.63) is 35.0 Å². The highest BCUT2D eigenvalue weighted by atomic mass is 35.5. The van der Waals surface area contributed by atoms with Gasteiger partial charge in [-0.05, 0) is 50.7 Å².